The van der Waals surface area contributed by atoms with Gasteiger partial charge in [0.15, 0.2) is 5.16 Å². The zero-order valence-electron chi connectivity index (χ0n) is 15.9. The van der Waals surface area contributed by atoms with E-state index in [0.29, 0.717) is 38.9 Å². The van der Waals surface area contributed by atoms with Gasteiger partial charge in [-0.05, 0) is 49.0 Å². The molecule has 30 heavy (non-hydrogen) atoms. The van der Waals surface area contributed by atoms with E-state index < -0.39 is 10.0 Å². The normalized spacial score (nSPS) is 11.5. The summed E-state index contributed by atoms with van der Waals surface area (Å²) in [5.41, 5.74) is 0.347. The molecule has 0 aliphatic carbocycles. The van der Waals surface area contributed by atoms with Crippen molar-refractivity contribution in [3.8, 4) is 11.5 Å². The van der Waals surface area contributed by atoms with Crippen LogP contribution in [0.3, 0.4) is 0 Å². The van der Waals surface area contributed by atoms with E-state index in [2.05, 4.69) is 19.9 Å². The van der Waals surface area contributed by atoms with Crippen LogP contribution in [0.25, 0.3) is 10.8 Å². The van der Waals surface area contributed by atoms with Crippen LogP contribution in [0.2, 0.25) is 0 Å². The SMILES string of the molecule is CCOc1ccc(S(=O)(=O)Nc2cc(Sc3ncn[nH]3)c(O)c3ccccc23)cc1. The molecular formula is C20H18N4O4S2. The molecule has 0 atom stereocenters. The molecule has 8 nitrogen and oxygen atoms in total. The lowest BCUT2D eigenvalue weighted by atomic mass is 10.1. The first-order valence-electron chi connectivity index (χ1n) is 9.01. The Hall–Kier alpha value is -3.24. The van der Waals surface area contributed by atoms with E-state index in [-0.39, 0.29) is 10.6 Å². The summed E-state index contributed by atoms with van der Waals surface area (Å²) in [4.78, 5) is 4.59. The van der Waals surface area contributed by atoms with E-state index >= 15 is 0 Å². The average molecular weight is 443 g/mol. The molecule has 0 spiro atoms. The van der Waals surface area contributed by atoms with Crippen molar-refractivity contribution < 1.29 is 18.3 Å². The second-order valence-corrected chi connectivity index (χ2v) is 8.93. The summed E-state index contributed by atoms with van der Waals surface area (Å²) < 4.78 is 34.0. The Bertz CT molecular complexity index is 1270. The number of H-pyrrole nitrogens is 1. The summed E-state index contributed by atoms with van der Waals surface area (Å²) in [6, 6.07) is 14.8. The lowest BCUT2D eigenvalue weighted by molar-refractivity contribution is 0.340. The molecule has 1 heterocycles. The van der Waals surface area contributed by atoms with Gasteiger partial charge in [-0.2, -0.15) is 5.10 Å². The molecule has 4 rings (SSSR count). The van der Waals surface area contributed by atoms with Gasteiger partial charge in [-0.25, -0.2) is 13.4 Å². The van der Waals surface area contributed by atoms with Crippen molar-refractivity contribution in [3.05, 3.63) is 60.9 Å². The van der Waals surface area contributed by atoms with Gasteiger partial charge in [-0.1, -0.05) is 24.3 Å². The molecule has 154 valence electrons. The number of aromatic hydroxyl groups is 1. The lowest BCUT2D eigenvalue weighted by Gasteiger charge is -2.14. The van der Waals surface area contributed by atoms with Crippen LogP contribution in [0, 0.1) is 0 Å². The fourth-order valence-corrected chi connectivity index (χ4v) is 4.79. The number of nitrogens with zero attached hydrogens (tertiary/aromatic N) is 2. The Morgan fingerprint density at radius 2 is 1.87 bits per heavy atom. The number of sulfonamides is 1. The number of aromatic amines is 1. The van der Waals surface area contributed by atoms with E-state index in [0.717, 1.165) is 11.8 Å². The van der Waals surface area contributed by atoms with E-state index in [1.807, 2.05) is 6.92 Å². The third kappa shape index (κ3) is 4.05. The number of anilines is 1. The summed E-state index contributed by atoms with van der Waals surface area (Å²) in [5.74, 6) is 0.633. The largest absolute Gasteiger partial charge is 0.506 e. The number of hydrogen-bond acceptors (Lipinski definition) is 7. The first-order chi connectivity index (χ1) is 14.5. The number of aromatic nitrogens is 3. The molecule has 10 heteroatoms. The Balaban J connectivity index is 1.74. The Labute approximate surface area is 177 Å². The Morgan fingerprint density at radius 1 is 1.13 bits per heavy atom. The molecule has 0 unspecified atom stereocenters. The van der Waals surface area contributed by atoms with Crippen molar-refractivity contribution in [3.63, 3.8) is 0 Å². The van der Waals surface area contributed by atoms with Crippen molar-refractivity contribution in [1.29, 1.82) is 0 Å². The smallest absolute Gasteiger partial charge is 0.261 e. The fraction of sp³-hybridized carbons (Fsp3) is 0.100. The van der Waals surface area contributed by atoms with E-state index in [4.69, 9.17) is 4.74 Å². The Kier molecular flexibility index (Phi) is 5.51. The monoisotopic (exact) mass is 442 g/mol. The topological polar surface area (TPSA) is 117 Å². The summed E-state index contributed by atoms with van der Waals surface area (Å²) >= 11 is 1.15. The number of nitrogens with one attached hydrogen (secondary N) is 2. The molecule has 0 bridgehead atoms. The van der Waals surface area contributed by atoms with Crippen LogP contribution in [0.5, 0.6) is 11.5 Å². The van der Waals surface area contributed by atoms with Crippen LogP contribution < -0.4 is 9.46 Å². The number of fused-ring (bicyclic) bond motifs is 1. The van der Waals surface area contributed by atoms with Gasteiger partial charge in [0.05, 0.1) is 22.1 Å². The molecule has 4 aromatic rings. The molecule has 0 aliphatic heterocycles. The summed E-state index contributed by atoms with van der Waals surface area (Å²) in [6.45, 7) is 2.35. The number of phenolic OH excluding ortho intramolecular Hbond substituents is 1. The molecule has 0 radical (unpaired) electrons. The van der Waals surface area contributed by atoms with Gasteiger partial charge < -0.3 is 9.84 Å². The van der Waals surface area contributed by atoms with Gasteiger partial charge in [-0.15, -0.1) is 0 Å². The average Bonchev–Trinajstić information content (AvgIpc) is 3.25. The highest BCUT2D eigenvalue weighted by Gasteiger charge is 2.19. The predicted octanol–water partition coefficient (Wildman–Crippen LogP) is 4.01. The Morgan fingerprint density at radius 3 is 2.53 bits per heavy atom. The van der Waals surface area contributed by atoms with E-state index in [1.54, 1.807) is 42.5 Å². The van der Waals surface area contributed by atoms with Gasteiger partial charge >= 0.3 is 0 Å². The minimum absolute atomic E-state index is 0.0380. The maximum atomic E-state index is 13.0. The number of benzene rings is 3. The second kappa shape index (κ2) is 8.25. The van der Waals surface area contributed by atoms with Crippen LogP contribution in [-0.2, 0) is 10.0 Å². The number of hydrogen-bond donors (Lipinski definition) is 3. The van der Waals surface area contributed by atoms with Gasteiger partial charge in [0.1, 0.15) is 17.8 Å². The first-order valence-corrected chi connectivity index (χ1v) is 11.3. The molecule has 1 aromatic heterocycles. The number of phenols is 1. The third-order valence-corrected chi connectivity index (χ3v) is 6.57. The lowest BCUT2D eigenvalue weighted by Crippen LogP contribution is -2.13. The van der Waals surface area contributed by atoms with Crippen LogP contribution in [0.15, 0.2) is 75.9 Å². The standard InChI is InChI=1S/C20H18N4O4S2/c1-2-28-13-7-9-14(10-8-13)30(26,27)24-17-11-18(29-20-21-12-22-23-20)19(25)16-6-4-3-5-15(16)17/h3-12,24-25H,2H2,1H3,(H,21,22,23). The van der Waals surface area contributed by atoms with Gasteiger partial charge in [0.25, 0.3) is 10.0 Å². The quantitative estimate of drug-likeness (QED) is 0.370. The molecule has 3 N–H and O–H groups in total. The van der Waals surface area contributed by atoms with Gasteiger partial charge in [0, 0.05) is 10.8 Å². The summed E-state index contributed by atoms with van der Waals surface area (Å²) in [6.07, 6.45) is 1.36. The zero-order chi connectivity index (χ0) is 21.1. The third-order valence-electron chi connectivity index (χ3n) is 4.27. The number of ether oxygens (including phenoxy) is 1. The van der Waals surface area contributed by atoms with Crippen LogP contribution in [0.4, 0.5) is 5.69 Å². The predicted molar refractivity (Wildman–Crippen MR) is 115 cm³/mol. The van der Waals surface area contributed by atoms with E-state index in [9.17, 15) is 13.5 Å². The van der Waals surface area contributed by atoms with Crippen LogP contribution in [0.1, 0.15) is 6.92 Å². The molecule has 3 aromatic carbocycles. The minimum Gasteiger partial charge on any atom is -0.506 e. The zero-order valence-corrected chi connectivity index (χ0v) is 17.5. The summed E-state index contributed by atoms with van der Waals surface area (Å²) in [5, 5.41) is 18.8. The van der Waals surface area contributed by atoms with Crippen molar-refractivity contribution in [2.75, 3.05) is 11.3 Å². The molecular weight excluding hydrogens is 424 g/mol. The second-order valence-electron chi connectivity index (χ2n) is 6.22. The maximum Gasteiger partial charge on any atom is 0.261 e. The molecule has 0 saturated heterocycles. The van der Waals surface area contributed by atoms with Gasteiger partial charge in [-0.3, -0.25) is 9.82 Å². The van der Waals surface area contributed by atoms with Crippen molar-refractivity contribution in [2.45, 2.75) is 21.9 Å². The highest BCUT2D eigenvalue weighted by molar-refractivity contribution is 7.99. The fourth-order valence-electron chi connectivity index (χ4n) is 2.93. The highest BCUT2D eigenvalue weighted by Crippen LogP contribution is 2.42. The van der Waals surface area contributed by atoms with Crippen LogP contribution in [-0.4, -0.2) is 35.3 Å². The first kappa shape index (κ1) is 20.0. The molecule has 0 fully saturated rings. The molecule has 0 amide bonds. The van der Waals surface area contributed by atoms with Crippen molar-refractivity contribution in [2.24, 2.45) is 0 Å². The van der Waals surface area contributed by atoms with Crippen molar-refractivity contribution in [1.82, 2.24) is 15.2 Å². The summed E-state index contributed by atoms with van der Waals surface area (Å²) in [7, 11) is -3.86. The maximum absolute atomic E-state index is 13.0. The van der Waals surface area contributed by atoms with Crippen LogP contribution >= 0.6 is 11.8 Å². The van der Waals surface area contributed by atoms with E-state index in [1.165, 1.54) is 18.5 Å². The molecule has 0 aliphatic rings. The number of rotatable bonds is 7. The molecule has 0 saturated carbocycles. The van der Waals surface area contributed by atoms with Gasteiger partial charge in [0.2, 0.25) is 0 Å². The van der Waals surface area contributed by atoms with Crippen molar-refractivity contribution >= 4 is 38.2 Å². The minimum atomic E-state index is -3.86. The highest BCUT2D eigenvalue weighted by atomic mass is 32.2.